The van der Waals surface area contributed by atoms with E-state index < -0.39 is 5.56 Å². The van der Waals surface area contributed by atoms with Crippen molar-refractivity contribution in [3.8, 4) is 5.75 Å². The predicted molar refractivity (Wildman–Crippen MR) is 120 cm³/mol. The molecular formula is C25H21N3O3. The molecule has 4 rings (SSSR count). The van der Waals surface area contributed by atoms with Crippen LogP contribution in [-0.2, 0) is 6.42 Å². The highest BCUT2D eigenvalue weighted by Gasteiger charge is 2.00. The molecule has 0 spiro atoms. The van der Waals surface area contributed by atoms with E-state index in [1.54, 1.807) is 24.4 Å². The van der Waals surface area contributed by atoms with Gasteiger partial charge in [0.25, 0.3) is 11.1 Å². The normalized spacial score (nSPS) is 12.1. The minimum absolute atomic E-state index is 0.139. The summed E-state index contributed by atoms with van der Waals surface area (Å²) in [4.78, 5) is 34.3. The minimum atomic E-state index is -0.397. The largest absolute Gasteiger partial charge is 0.492 e. The summed E-state index contributed by atoms with van der Waals surface area (Å²) in [6, 6.07) is 22.9. The molecule has 2 N–H and O–H groups in total. The first-order valence-corrected chi connectivity index (χ1v) is 9.91. The fourth-order valence-electron chi connectivity index (χ4n) is 3.05. The van der Waals surface area contributed by atoms with E-state index in [-0.39, 0.29) is 16.3 Å². The molecule has 0 aliphatic heterocycles. The number of hydrogen-bond acceptors (Lipinski definition) is 4. The van der Waals surface area contributed by atoms with E-state index in [0.717, 1.165) is 12.0 Å². The molecule has 0 radical (unpaired) electrons. The second-order valence-corrected chi connectivity index (χ2v) is 6.94. The van der Waals surface area contributed by atoms with Gasteiger partial charge in [-0.05, 0) is 35.4 Å². The molecular weight excluding hydrogens is 390 g/mol. The number of pyridine rings is 1. The summed E-state index contributed by atoms with van der Waals surface area (Å²) < 4.78 is 5.72. The highest BCUT2D eigenvalue weighted by atomic mass is 16.5. The van der Waals surface area contributed by atoms with Gasteiger partial charge in [0.1, 0.15) is 16.4 Å². The monoisotopic (exact) mass is 411 g/mol. The first kappa shape index (κ1) is 20.1. The summed E-state index contributed by atoms with van der Waals surface area (Å²) >= 11 is 0. The number of aromatic amines is 2. The van der Waals surface area contributed by atoms with Gasteiger partial charge in [-0.25, -0.2) is 0 Å². The molecule has 2 aromatic carbocycles. The second-order valence-electron chi connectivity index (χ2n) is 6.94. The standard InChI is InChI=1S/C25H21N3O3/c29-24-22(15-19-9-5-2-6-10-19)27-25(30)23(28-24)16-20-11-12-21(17-26-20)31-14-13-18-7-3-1-4-8-18/h1-12,15-17H,13-14H2,(H,27,30)(H,28,29). The quantitative estimate of drug-likeness (QED) is 0.506. The summed E-state index contributed by atoms with van der Waals surface area (Å²) in [5, 5.41) is 0.337. The smallest absolute Gasteiger partial charge is 0.272 e. The third-order valence-electron chi connectivity index (χ3n) is 4.65. The molecule has 6 nitrogen and oxygen atoms in total. The van der Waals surface area contributed by atoms with Crippen LogP contribution in [0.5, 0.6) is 5.75 Å². The number of nitrogens with zero attached hydrogens (tertiary/aromatic N) is 1. The van der Waals surface area contributed by atoms with Gasteiger partial charge in [-0.15, -0.1) is 0 Å². The Hall–Kier alpha value is -4.19. The van der Waals surface area contributed by atoms with E-state index in [9.17, 15) is 9.59 Å². The van der Waals surface area contributed by atoms with Crippen LogP contribution in [0.1, 0.15) is 16.8 Å². The van der Waals surface area contributed by atoms with Crippen molar-refractivity contribution < 1.29 is 4.74 Å². The first-order valence-electron chi connectivity index (χ1n) is 9.91. The van der Waals surface area contributed by atoms with Crippen LogP contribution in [0.2, 0.25) is 0 Å². The Morgan fingerprint density at radius 3 is 2.06 bits per heavy atom. The van der Waals surface area contributed by atoms with Crippen LogP contribution in [0.25, 0.3) is 12.2 Å². The van der Waals surface area contributed by atoms with E-state index >= 15 is 0 Å². The zero-order valence-electron chi connectivity index (χ0n) is 16.7. The van der Waals surface area contributed by atoms with Crippen molar-refractivity contribution in [2.75, 3.05) is 6.61 Å². The maximum Gasteiger partial charge on any atom is 0.272 e. The molecule has 2 aromatic heterocycles. The van der Waals surface area contributed by atoms with E-state index in [1.165, 1.54) is 11.6 Å². The molecule has 0 amide bonds. The van der Waals surface area contributed by atoms with Crippen LogP contribution in [0.4, 0.5) is 0 Å². The third kappa shape index (κ3) is 5.45. The van der Waals surface area contributed by atoms with Gasteiger partial charge in [0.15, 0.2) is 0 Å². The molecule has 0 bridgehead atoms. The molecule has 0 atom stereocenters. The van der Waals surface area contributed by atoms with E-state index in [1.807, 2.05) is 48.5 Å². The SMILES string of the molecule is O=c1[nH]c(=Cc2ccc(OCCc3ccccc3)cn2)c(=O)[nH]c1=Cc1ccccc1. The lowest BCUT2D eigenvalue weighted by Crippen LogP contribution is -2.46. The minimum Gasteiger partial charge on any atom is -0.492 e. The lowest BCUT2D eigenvalue weighted by Gasteiger charge is -2.06. The number of hydrogen-bond donors (Lipinski definition) is 2. The van der Waals surface area contributed by atoms with E-state index in [0.29, 0.717) is 18.1 Å². The fourth-order valence-corrected chi connectivity index (χ4v) is 3.05. The molecule has 0 saturated heterocycles. The van der Waals surface area contributed by atoms with Crippen molar-refractivity contribution >= 4 is 12.2 Å². The van der Waals surface area contributed by atoms with Gasteiger partial charge in [-0.1, -0.05) is 60.7 Å². The Kier molecular flexibility index (Phi) is 6.18. The van der Waals surface area contributed by atoms with Crippen LogP contribution >= 0.6 is 0 Å². The summed E-state index contributed by atoms with van der Waals surface area (Å²) in [5.41, 5.74) is 1.79. The Balaban J connectivity index is 1.49. The molecule has 31 heavy (non-hydrogen) atoms. The number of aromatic nitrogens is 3. The van der Waals surface area contributed by atoms with E-state index in [2.05, 4.69) is 27.1 Å². The summed E-state index contributed by atoms with van der Waals surface area (Å²) in [7, 11) is 0. The Labute approximate surface area is 178 Å². The van der Waals surface area contributed by atoms with Gasteiger partial charge in [-0.2, -0.15) is 0 Å². The highest BCUT2D eigenvalue weighted by molar-refractivity contribution is 5.48. The molecule has 6 heteroatoms. The number of nitrogens with one attached hydrogen (secondary N) is 2. The van der Waals surface area contributed by atoms with Gasteiger partial charge in [-0.3, -0.25) is 14.6 Å². The summed E-state index contributed by atoms with van der Waals surface area (Å²) in [6.07, 6.45) is 5.56. The third-order valence-corrected chi connectivity index (χ3v) is 4.65. The zero-order chi connectivity index (χ0) is 21.5. The van der Waals surface area contributed by atoms with Crippen molar-refractivity contribution in [1.82, 2.24) is 15.0 Å². The molecule has 2 heterocycles. The van der Waals surface area contributed by atoms with Gasteiger partial charge in [0.2, 0.25) is 0 Å². The van der Waals surface area contributed by atoms with Gasteiger partial charge in [0.05, 0.1) is 18.5 Å². The Bertz CT molecular complexity index is 1370. The first-order chi connectivity index (χ1) is 15.2. The number of rotatable bonds is 6. The number of benzene rings is 2. The average Bonchev–Trinajstić information content (AvgIpc) is 2.80. The van der Waals surface area contributed by atoms with Crippen molar-refractivity contribution in [2.45, 2.75) is 6.42 Å². The molecule has 0 aliphatic rings. The van der Waals surface area contributed by atoms with Gasteiger partial charge < -0.3 is 14.7 Å². The maximum atomic E-state index is 12.4. The van der Waals surface area contributed by atoms with Crippen LogP contribution < -0.4 is 26.6 Å². The predicted octanol–water partition coefficient (Wildman–Crippen LogP) is 1.74. The molecule has 154 valence electrons. The molecule has 0 unspecified atom stereocenters. The molecule has 0 saturated carbocycles. The van der Waals surface area contributed by atoms with Crippen LogP contribution in [-0.4, -0.2) is 21.6 Å². The average molecular weight is 411 g/mol. The topological polar surface area (TPSA) is 87.8 Å². The van der Waals surface area contributed by atoms with Gasteiger partial charge in [0, 0.05) is 6.42 Å². The summed E-state index contributed by atoms with van der Waals surface area (Å²) in [6.45, 7) is 0.543. The van der Waals surface area contributed by atoms with Crippen molar-refractivity contribution in [3.63, 3.8) is 0 Å². The van der Waals surface area contributed by atoms with Crippen molar-refractivity contribution in [1.29, 1.82) is 0 Å². The van der Waals surface area contributed by atoms with Crippen LogP contribution in [0.15, 0.2) is 88.6 Å². The lowest BCUT2D eigenvalue weighted by molar-refractivity contribution is 0.320. The Morgan fingerprint density at radius 2 is 1.42 bits per heavy atom. The van der Waals surface area contributed by atoms with Crippen molar-refractivity contribution in [3.05, 3.63) is 127 Å². The number of H-pyrrole nitrogens is 2. The summed E-state index contributed by atoms with van der Waals surface area (Å²) in [5.74, 6) is 0.642. The van der Waals surface area contributed by atoms with Crippen LogP contribution in [0, 0.1) is 0 Å². The number of ether oxygens (including phenoxy) is 1. The van der Waals surface area contributed by atoms with E-state index in [4.69, 9.17) is 4.74 Å². The lowest BCUT2D eigenvalue weighted by atomic mass is 10.2. The molecule has 4 aromatic rings. The second kappa shape index (κ2) is 9.54. The zero-order valence-corrected chi connectivity index (χ0v) is 16.7. The fraction of sp³-hybridized carbons (Fsp3) is 0.0800. The van der Waals surface area contributed by atoms with Crippen molar-refractivity contribution in [2.24, 2.45) is 0 Å². The van der Waals surface area contributed by atoms with Gasteiger partial charge >= 0.3 is 0 Å². The molecule has 0 aliphatic carbocycles. The highest BCUT2D eigenvalue weighted by Crippen LogP contribution is 2.10. The Morgan fingerprint density at radius 1 is 0.774 bits per heavy atom. The van der Waals surface area contributed by atoms with Crippen LogP contribution in [0.3, 0.4) is 0 Å². The maximum absolute atomic E-state index is 12.4. The molecule has 0 fully saturated rings.